The average Bonchev–Trinajstić information content (AvgIpc) is 3.15. The predicted octanol–water partition coefficient (Wildman–Crippen LogP) is 0.992. The Morgan fingerprint density at radius 1 is 1.53 bits per heavy atom. The molecule has 2 heterocycles. The molecule has 2 aromatic rings. The maximum absolute atomic E-state index is 11.5. The van der Waals surface area contributed by atoms with Crippen molar-refractivity contribution in [1.82, 2.24) is 24.7 Å². The molecular weight excluding hydrogens is 264 g/mol. The third kappa shape index (κ3) is 2.48. The Morgan fingerprint density at radius 3 is 3.00 bits per heavy atom. The van der Waals surface area contributed by atoms with E-state index >= 15 is 0 Å². The molecule has 1 fully saturated rings. The van der Waals surface area contributed by atoms with E-state index in [-0.39, 0.29) is 5.69 Å². The fraction of sp³-hybridized carbons (Fsp3) is 0.455. The van der Waals surface area contributed by atoms with Crippen LogP contribution in [0.2, 0.25) is 0 Å². The van der Waals surface area contributed by atoms with Crippen molar-refractivity contribution in [2.45, 2.75) is 42.4 Å². The Kier molecular flexibility index (Phi) is 3.02. The summed E-state index contributed by atoms with van der Waals surface area (Å²) in [7, 11) is 0. The van der Waals surface area contributed by atoms with Gasteiger partial charge >= 0.3 is 5.69 Å². The molecular formula is C11H14N6OS. The average molecular weight is 278 g/mol. The highest BCUT2D eigenvalue weighted by Gasteiger charge is 2.27. The van der Waals surface area contributed by atoms with Gasteiger partial charge in [0.05, 0.1) is 0 Å². The normalized spacial score (nSPS) is 14.8. The predicted molar refractivity (Wildman–Crippen MR) is 71.1 cm³/mol. The number of anilines is 1. The lowest BCUT2D eigenvalue weighted by molar-refractivity contribution is 0.660. The monoisotopic (exact) mass is 278 g/mol. The summed E-state index contributed by atoms with van der Waals surface area (Å²) in [6, 6.07) is 1.70. The van der Waals surface area contributed by atoms with Crippen molar-refractivity contribution in [3.8, 4) is 0 Å². The molecule has 0 unspecified atom stereocenters. The van der Waals surface area contributed by atoms with Gasteiger partial charge in [-0.25, -0.2) is 19.9 Å². The Hall–Kier alpha value is -1.83. The fourth-order valence-corrected chi connectivity index (χ4v) is 2.71. The number of nitrogens with two attached hydrogens (primary N) is 1. The molecule has 0 aromatic carbocycles. The summed E-state index contributed by atoms with van der Waals surface area (Å²) in [6.07, 6.45) is 2.24. The summed E-state index contributed by atoms with van der Waals surface area (Å²) in [4.78, 5) is 20.2. The molecule has 0 aliphatic heterocycles. The molecule has 3 rings (SSSR count). The maximum Gasteiger partial charge on any atom is 0.343 e. The largest absolute Gasteiger partial charge is 0.384 e. The van der Waals surface area contributed by atoms with Crippen molar-refractivity contribution in [3.63, 3.8) is 0 Å². The first kappa shape index (κ1) is 12.2. The summed E-state index contributed by atoms with van der Waals surface area (Å²) >= 11 is 1.32. The quantitative estimate of drug-likeness (QED) is 0.809. The van der Waals surface area contributed by atoms with Gasteiger partial charge in [-0.05, 0) is 31.5 Å². The van der Waals surface area contributed by atoms with Gasteiger partial charge in [-0.15, -0.1) is 5.10 Å². The van der Waals surface area contributed by atoms with Gasteiger partial charge in [-0.3, -0.25) is 4.57 Å². The molecule has 0 amide bonds. The van der Waals surface area contributed by atoms with Crippen LogP contribution >= 0.6 is 11.8 Å². The smallest absolute Gasteiger partial charge is 0.343 e. The van der Waals surface area contributed by atoms with E-state index in [1.807, 2.05) is 6.92 Å². The minimum absolute atomic E-state index is 0.213. The minimum Gasteiger partial charge on any atom is -0.384 e. The van der Waals surface area contributed by atoms with Crippen LogP contribution in [0.5, 0.6) is 0 Å². The van der Waals surface area contributed by atoms with Crippen LogP contribution in [0.15, 0.2) is 21.0 Å². The van der Waals surface area contributed by atoms with Crippen molar-refractivity contribution < 1.29 is 0 Å². The Labute approximate surface area is 113 Å². The number of nitrogens with one attached hydrogen (secondary N) is 1. The lowest BCUT2D eigenvalue weighted by Crippen LogP contribution is -2.16. The number of hydrogen-bond donors (Lipinski definition) is 2. The number of hydrogen-bond acceptors (Lipinski definition) is 6. The second-order valence-electron chi connectivity index (χ2n) is 4.42. The summed E-state index contributed by atoms with van der Waals surface area (Å²) in [5.41, 5.74) is 5.58. The van der Waals surface area contributed by atoms with Gasteiger partial charge in [0.2, 0.25) is 0 Å². The third-order valence-electron chi connectivity index (χ3n) is 2.92. The first-order chi connectivity index (χ1) is 9.17. The van der Waals surface area contributed by atoms with Crippen LogP contribution in [0, 0.1) is 0 Å². The van der Waals surface area contributed by atoms with E-state index < -0.39 is 0 Å². The third-order valence-corrected chi connectivity index (χ3v) is 3.83. The van der Waals surface area contributed by atoms with E-state index in [4.69, 9.17) is 5.73 Å². The summed E-state index contributed by atoms with van der Waals surface area (Å²) in [6.45, 7) is 2.46. The number of aromatic nitrogens is 5. The van der Waals surface area contributed by atoms with Crippen LogP contribution in [-0.4, -0.2) is 24.7 Å². The van der Waals surface area contributed by atoms with E-state index in [9.17, 15) is 4.79 Å². The van der Waals surface area contributed by atoms with E-state index in [0.29, 0.717) is 23.4 Å². The minimum atomic E-state index is -0.213. The lowest BCUT2D eigenvalue weighted by Gasteiger charge is -2.04. The second kappa shape index (κ2) is 4.69. The van der Waals surface area contributed by atoms with Gasteiger partial charge < -0.3 is 5.73 Å². The Bertz CT molecular complexity index is 659. The molecule has 7 nitrogen and oxygen atoms in total. The van der Waals surface area contributed by atoms with Crippen LogP contribution in [0.3, 0.4) is 0 Å². The van der Waals surface area contributed by atoms with E-state index in [2.05, 4.69) is 20.2 Å². The molecule has 1 aliphatic carbocycles. The summed E-state index contributed by atoms with van der Waals surface area (Å²) in [5, 5.41) is 7.74. The van der Waals surface area contributed by atoms with Gasteiger partial charge in [0.15, 0.2) is 5.16 Å². The number of H-pyrrole nitrogens is 1. The molecule has 0 spiro atoms. The van der Waals surface area contributed by atoms with Gasteiger partial charge in [-0.2, -0.15) is 0 Å². The highest BCUT2D eigenvalue weighted by molar-refractivity contribution is 7.99. The zero-order valence-electron chi connectivity index (χ0n) is 10.5. The first-order valence-electron chi connectivity index (χ1n) is 6.15. The molecule has 1 aliphatic rings. The standard InChI is InChI=1S/C11H14N6OS/c1-2-17-10(18)15-16-11(17)19-8-5-7(12)13-9(14-8)6-3-4-6/h5-6H,2-4H2,1H3,(H,15,18)(H2,12,13,14). The number of nitrogen functional groups attached to an aromatic ring is 1. The molecule has 0 atom stereocenters. The summed E-state index contributed by atoms with van der Waals surface area (Å²) < 4.78 is 1.56. The molecule has 1 saturated carbocycles. The van der Waals surface area contributed by atoms with Gasteiger partial charge in [0.1, 0.15) is 16.7 Å². The van der Waals surface area contributed by atoms with Gasteiger partial charge in [-0.1, -0.05) is 0 Å². The lowest BCUT2D eigenvalue weighted by atomic mass is 10.4. The molecule has 19 heavy (non-hydrogen) atoms. The molecule has 8 heteroatoms. The van der Waals surface area contributed by atoms with E-state index in [1.54, 1.807) is 10.6 Å². The van der Waals surface area contributed by atoms with Crippen molar-refractivity contribution in [1.29, 1.82) is 0 Å². The van der Waals surface area contributed by atoms with Crippen molar-refractivity contribution in [2.75, 3.05) is 5.73 Å². The first-order valence-corrected chi connectivity index (χ1v) is 6.96. The zero-order chi connectivity index (χ0) is 13.4. The number of aromatic amines is 1. The maximum atomic E-state index is 11.5. The highest BCUT2D eigenvalue weighted by atomic mass is 32.2. The Balaban J connectivity index is 1.92. The molecule has 100 valence electrons. The molecule has 0 bridgehead atoms. The molecule has 0 saturated heterocycles. The fourth-order valence-electron chi connectivity index (χ4n) is 1.79. The molecule has 3 N–H and O–H groups in total. The van der Waals surface area contributed by atoms with Gasteiger partial charge in [0, 0.05) is 18.5 Å². The molecule has 2 aromatic heterocycles. The highest BCUT2D eigenvalue weighted by Crippen LogP contribution is 2.39. The van der Waals surface area contributed by atoms with E-state index in [1.165, 1.54) is 11.8 Å². The second-order valence-corrected chi connectivity index (χ2v) is 5.41. The molecule has 0 radical (unpaired) electrons. The summed E-state index contributed by atoms with van der Waals surface area (Å²) in [5.74, 6) is 1.69. The number of rotatable bonds is 4. The number of nitrogens with zero attached hydrogens (tertiary/aromatic N) is 4. The van der Waals surface area contributed by atoms with E-state index in [0.717, 1.165) is 23.7 Å². The SMILES string of the molecule is CCn1c(Sc2cc(N)nc(C3CC3)n2)n[nH]c1=O. The van der Waals surface area contributed by atoms with Crippen LogP contribution in [0.1, 0.15) is 31.5 Å². The van der Waals surface area contributed by atoms with Crippen LogP contribution in [0.25, 0.3) is 0 Å². The van der Waals surface area contributed by atoms with Crippen LogP contribution < -0.4 is 11.4 Å². The van der Waals surface area contributed by atoms with Crippen molar-refractivity contribution in [3.05, 3.63) is 22.4 Å². The van der Waals surface area contributed by atoms with Crippen molar-refractivity contribution >= 4 is 17.6 Å². The van der Waals surface area contributed by atoms with Gasteiger partial charge in [0.25, 0.3) is 0 Å². The van der Waals surface area contributed by atoms with Crippen LogP contribution in [-0.2, 0) is 6.54 Å². The van der Waals surface area contributed by atoms with Crippen LogP contribution in [0.4, 0.5) is 5.82 Å². The Morgan fingerprint density at radius 2 is 2.32 bits per heavy atom. The zero-order valence-corrected chi connectivity index (χ0v) is 11.3. The topological polar surface area (TPSA) is 102 Å². The van der Waals surface area contributed by atoms with Crippen molar-refractivity contribution in [2.24, 2.45) is 0 Å².